The first kappa shape index (κ1) is 13.3. The van der Waals surface area contributed by atoms with Crippen LogP contribution in [0.3, 0.4) is 0 Å². The molecule has 0 aliphatic rings. The largest absolute Gasteiger partial charge is 0.317 e. The first-order chi connectivity index (χ1) is 7.86. The fourth-order valence-electron chi connectivity index (χ4n) is 1.86. The van der Waals surface area contributed by atoms with Crippen molar-refractivity contribution in [2.75, 3.05) is 7.05 Å². The minimum atomic E-state index is 0.633. The lowest BCUT2D eigenvalue weighted by Crippen LogP contribution is -2.25. The van der Waals surface area contributed by atoms with Crippen molar-refractivity contribution in [1.29, 1.82) is 0 Å². The molecule has 0 saturated heterocycles. The second kappa shape index (κ2) is 8.38. The fourth-order valence-corrected chi connectivity index (χ4v) is 2.61. The first-order valence-electron chi connectivity index (χ1n) is 6.00. The molecule has 0 fully saturated rings. The van der Waals surface area contributed by atoms with Gasteiger partial charge in [-0.15, -0.1) is 23.7 Å². The van der Waals surface area contributed by atoms with Crippen LogP contribution in [0.5, 0.6) is 0 Å². The summed E-state index contributed by atoms with van der Waals surface area (Å²) in [6.07, 6.45) is 12.2. The van der Waals surface area contributed by atoms with Gasteiger partial charge in [-0.3, -0.25) is 0 Å². The molecule has 1 heterocycles. The van der Waals surface area contributed by atoms with Crippen LogP contribution < -0.4 is 5.32 Å². The van der Waals surface area contributed by atoms with Gasteiger partial charge in [-0.25, -0.2) is 0 Å². The number of terminal acetylenes is 1. The van der Waals surface area contributed by atoms with E-state index in [-0.39, 0.29) is 0 Å². The van der Waals surface area contributed by atoms with Crippen molar-refractivity contribution in [3.05, 3.63) is 22.4 Å². The minimum absolute atomic E-state index is 0.633. The van der Waals surface area contributed by atoms with Gasteiger partial charge in [0, 0.05) is 17.3 Å². The molecule has 1 rings (SSSR count). The van der Waals surface area contributed by atoms with Crippen LogP contribution in [-0.2, 0) is 6.42 Å². The summed E-state index contributed by atoms with van der Waals surface area (Å²) in [6.45, 7) is 0. The number of thiophene rings is 1. The molecule has 0 aliphatic carbocycles. The average Bonchev–Trinajstić information content (AvgIpc) is 2.80. The second-order valence-electron chi connectivity index (χ2n) is 4.05. The maximum absolute atomic E-state index is 5.25. The first-order valence-corrected chi connectivity index (χ1v) is 6.88. The van der Waals surface area contributed by atoms with Crippen molar-refractivity contribution < 1.29 is 0 Å². The van der Waals surface area contributed by atoms with Crippen molar-refractivity contribution >= 4 is 11.3 Å². The summed E-state index contributed by atoms with van der Waals surface area (Å²) in [5, 5.41) is 5.53. The van der Waals surface area contributed by atoms with E-state index in [2.05, 4.69) is 28.8 Å². The summed E-state index contributed by atoms with van der Waals surface area (Å²) in [4.78, 5) is 1.50. The fraction of sp³-hybridized carbons (Fsp3) is 0.571. The van der Waals surface area contributed by atoms with Gasteiger partial charge in [0.05, 0.1) is 0 Å². The molecular weight excluding hydrogens is 214 g/mol. The predicted molar refractivity (Wildman–Crippen MR) is 72.8 cm³/mol. The summed E-state index contributed by atoms with van der Waals surface area (Å²) in [5.41, 5.74) is 0. The Balaban J connectivity index is 2.11. The summed E-state index contributed by atoms with van der Waals surface area (Å²) >= 11 is 1.86. The highest BCUT2D eigenvalue weighted by Crippen LogP contribution is 2.14. The third kappa shape index (κ3) is 5.34. The van der Waals surface area contributed by atoms with Crippen LogP contribution in [0.4, 0.5) is 0 Å². The van der Waals surface area contributed by atoms with Crippen LogP contribution in [0.2, 0.25) is 0 Å². The lowest BCUT2D eigenvalue weighted by Gasteiger charge is -2.14. The number of hydrogen-bond donors (Lipinski definition) is 1. The zero-order valence-electron chi connectivity index (χ0n) is 10.0. The summed E-state index contributed by atoms with van der Waals surface area (Å²) in [6, 6.07) is 4.98. The molecule has 1 atom stereocenters. The van der Waals surface area contributed by atoms with Gasteiger partial charge in [-0.05, 0) is 50.6 Å². The van der Waals surface area contributed by atoms with Crippen LogP contribution in [0.25, 0.3) is 0 Å². The van der Waals surface area contributed by atoms with Crippen LogP contribution in [0.15, 0.2) is 17.5 Å². The molecule has 1 N–H and O–H groups in total. The molecule has 16 heavy (non-hydrogen) atoms. The minimum Gasteiger partial charge on any atom is -0.317 e. The van der Waals surface area contributed by atoms with Crippen LogP contribution in [-0.4, -0.2) is 13.1 Å². The monoisotopic (exact) mass is 235 g/mol. The molecular formula is C14H21NS. The van der Waals surface area contributed by atoms with E-state index in [9.17, 15) is 0 Å². The van der Waals surface area contributed by atoms with Crippen molar-refractivity contribution in [2.24, 2.45) is 0 Å². The van der Waals surface area contributed by atoms with Crippen molar-refractivity contribution in [1.82, 2.24) is 5.32 Å². The standard InChI is InChI=1S/C14H21NS/c1-3-4-5-8-13(15-2)9-6-10-14-11-7-12-16-14/h1,7,11-13,15H,4-6,8-10H2,2H3. The van der Waals surface area contributed by atoms with Gasteiger partial charge in [0.15, 0.2) is 0 Å². The highest BCUT2D eigenvalue weighted by molar-refractivity contribution is 7.09. The Morgan fingerprint density at radius 3 is 2.88 bits per heavy atom. The van der Waals surface area contributed by atoms with E-state index in [0.717, 1.165) is 12.8 Å². The van der Waals surface area contributed by atoms with E-state index in [1.54, 1.807) is 0 Å². The van der Waals surface area contributed by atoms with Crippen molar-refractivity contribution in [3.63, 3.8) is 0 Å². The van der Waals surface area contributed by atoms with Gasteiger partial charge in [0.1, 0.15) is 0 Å². The van der Waals surface area contributed by atoms with E-state index in [4.69, 9.17) is 6.42 Å². The van der Waals surface area contributed by atoms with E-state index < -0.39 is 0 Å². The Bertz CT molecular complexity index is 297. The molecule has 1 aromatic rings. The molecule has 0 saturated carbocycles. The molecule has 0 aliphatic heterocycles. The number of nitrogens with one attached hydrogen (secondary N) is 1. The molecule has 1 unspecified atom stereocenters. The van der Waals surface area contributed by atoms with E-state index in [1.807, 2.05) is 18.4 Å². The SMILES string of the molecule is C#CCCCC(CCCc1cccs1)NC. The number of hydrogen-bond acceptors (Lipinski definition) is 2. The smallest absolute Gasteiger partial charge is 0.00866 e. The highest BCUT2D eigenvalue weighted by Gasteiger charge is 2.05. The van der Waals surface area contributed by atoms with Crippen LogP contribution in [0, 0.1) is 12.3 Å². The predicted octanol–water partition coefficient (Wildman–Crippen LogP) is 3.46. The van der Waals surface area contributed by atoms with Gasteiger partial charge < -0.3 is 5.32 Å². The zero-order chi connectivity index (χ0) is 11.6. The average molecular weight is 235 g/mol. The van der Waals surface area contributed by atoms with Gasteiger partial charge >= 0.3 is 0 Å². The molecule has 0 aromatic carbocycles. The Morgan fingerprint density at radius 2 is 2.25 bits per heavy atom. The highest BCUT2D eigenvalue weighted by atomic mass is 32.1. The molecule has 0 spiro atoms. The van der Waals surface area contributed by atoms with Crippen molar-refractivity contribution in [3.8, 4) is 12.3 Å². The van der Waals surface area contributed by atoms with E-state index in [0.29, 0.717) is 6.04 Å². The molecule has 0 bridgehead atoms. The molecule has 1 aromatic heterocycles. The van der Waals surface area contributed by atoms with Crippen LogP contribution >= 0.6 is 11.3 Å². The van der Waals surface area contributed by atoms with Crippen molar-refractivity contribution in [2.45, 2.75) is 44.6 Å². The lowest BCUT2D eigenvalue weighted by molar-refractivity contribution is 0.465. The summed E-state index contributed by atoms with van der Waals surface area (Å²) in [5.74, 6) is 2.70. The Labute approximate surface area is 103 Å². The quantitative estimate of drug-likeness (QED) is 0.537. The Kier molecular flexibility index (Phi) is 6.96. The normalized spacial score (nSPS) is 12.2. The topological polar surface area (TPSA) is 12.0 Å². The zero-order valence-corrected chi connectivity index (χ0v) is 10.9. The third-order valence-electron chi connectivity index (χ3n) is 2.84. The molecule has 88 valence electrons. The lowest BCUT2D eigenvalue weighted by atomic mass is 10.0. The van der Waals surface area contributed by atoms with E-state index >= 15 is 0 Å². The van der Waals surface area contributed by atoms with Gasteiger partial charge in [0.2, 0.25) is 0 Å². The Morgan fingerprint density at radius 1 is 1.44 bits per heavy atom. The van der Waals surface area contributed by atoms with Gasteiger partial charge in [-0.1, -0.05) is 6.07 Å². The number of rotatable bonds is 8. The molecule has 2 heteroatoms. The number of unbranched alkanes of at least 4 members (excludes halogenated alkanes) is 1. The summed E-state index contributed by atoms with van der Waals surface area (Å²) in [7, 11) is 2.05. The van der Waals surface area contributed by atoms with Gasteiger partial charge in [-0.2, -0.15) is 0 Å². The van der Waals surface area contributed by atoms with E-state index in [1.165, 1.54) is 30.6 Å². The number of aryl methyl sites for hydroxylation is 1. The second-order valence-corrected chi connectivity index (χ2v) is 5.09. The maximum atomic E-state index is 5.25. The third-order valence-corrected chi connectivity index (χ3v) is 3.77. The summed E-state index contributed by atoms with van der Waals surface area (Å²) < 4.78 is 0. The molecule has 0 radical (unpaired) electrons. The van der Waals surface area contributed by atoms with Gasteiger partial charge in [0.25, 0.3) is 0 Å². The Hall–Kier alpha value is -0.780. The maximum Gasteiger partial charge on any atom is 0.00866 e. The molecule has 0 amide bonds. The molecule has 1 nitrogen and oxygen atoms in total. The van der Waals surface area contributed by atoms with Crippen LogP contribution in [0.1, 0.15) is 37.0 Å².